The van der Waals surface area contributed by atoms with Crippen LogP contribution in [0.2, 0.25) is 0 Å². The molecule has 0 fully saturated rings. The maximum absolute atomic E-state index is 4.22. The highest BCUT2D eigenvalue weighted by molar-refractivity contribution is 5.93. The molecule has 1 heterocycles. The van der Waals surface area contributed by atoms with E-state index in [4.69, 9.17) is 0 Å². The van der Waals surface area contributed by atoms with Crippen molar-refractivity contribution in [3.8, 4) is 0 Å². The largest absolute Gasteiger partial charge is 0.243 e. The summed E-state index contributed by atoms with van der Waals surface area (Å²) in [6.45, 7) is 4.22. The lowest BCUT2D eigenvalue weighted by Gasteiger charge is -2.25. The van der Waals surface area contributed by atoms with E-state index in [1.165, 1.54) is 38.2 Å². The van der Waals surface area contributed by atoms with Crippen molar-refractivity contribution in [1.29, 1.82) is 0 Å². The van der Waals surface area contributed by atoms with E-state index in [0.717, 1.165) is 6.04 Å². The molecule has 0 saturated carbocycles. The molecule has 5 rings (SSSR count). The van der Waals surface area contributed by atoms with Gasteiger partial charge in [-0.15, -0.1) is 0 Å². The second kappa shape index (κ2) is 5.35. The van der Waals surface area contributed by atoms with Crippen molar-refractivity contribution in [3.63, 3.8) is 0 Å². The number of fused-ring (bicyclic) bond motifs is 4. The molecular formula is C24H17N. The van der Waals surface area contributed by atoms with Crippen LogP contribution in [0.3, 0.4) is 0 Å². The molecule has 4 aromatic rings. The number of hydrogen-bond acceptors (Lipinski definition) is 0. The molecule has 25 heavy (non-hydrogen) atoms. The fraction of sp³-hybridized carbons (Fsp3) is 0. The first-order chi connectivity index (χ1) is 12.3. The van der Waals surface area contributed by atoms with E-state index >= 15 is 0 Å². The maximum atomic E-state index is 4.22. The Balaban J connectivity index is 1.75. The second-order valence-corrected chi connectivity index (χ2v) is 6.44. The number of benzene rings is 4. The first-order valence-electron chi connectivity index (χ1n) is 8.47. The quantitative estimate of drug-likeness (QED) is 0.316. The van der Waals surface area contributed by atoms with Crippen LogP contribution < -0.4 is 0 Å². The monoisotopic (exact) mass is 319 g/mol. The third-order valence-corrected chi connectivity index (χ3v) is 4.96. The average molecular weight is 319 g/mol. The lowest BCUT2D eigenvalue weighted by molar-refractivity contribution is -0.418. The van der Waals surface area contributed by atoms with Crippen molar-refractivity contribution >= 4 is 34.3 Å². The lowest BCUT2D eigenvalue weighted by Crippen LogP contribution is -2.19. The van der Waals surface area contributed by atoms with E-state index in [2.05, 4.69) is 97.9 Å². The first-order valence-corrected chi connectivity index (χ1v) is 8.47. The second-order valence-electron chi connectivity index (χ2n) is 6.44. The Kier molecular flexibility index (Phi) is 3.01. The van der Waals surface area contributed by atoms with Crippen LogP contribution in [0, 0.1) is 6.04 Å². The van der Waals surface area contributed by atoms with Crippen molar-refractivity contribution in [2.75, 3.05) is 0 Å². The van der Waals surface area contributed by atoms with Gasteiger partial charge in [-0.05, 0) is 44.3 Å². The normalized spacial score (nSPS) is 13.4. The van der Waals surface area contributed by atoms with Gasteiger partial charge in [0.25, 0.3) is 0 Å². The Morgan fingerprint density at radius 2 is 1.44 bits per heavy atom. The van der Waals surface area contributed by atoms with Gasteiger partial charge in [-0.3, -0.25) is 0 Å². The van der Waals surface area contributed by atoms with E-state index in [-0.39, 0.29) is 0 Å². The topological polar surface area (TPSA) is 3.01 Å². The highest BCUT2D eigenvalue weighted by Crippen LogP contribution is 2.36. The smallest absolute Gasteiger partial charge is 0.159 e. The molecule has 0 N–H and O–H groups in total. The molecule has 1 nitrogen and oxygen atoms in total. The third kappa shape index (κ3) is 2.17. The van der Waals surface area contributed by atoms with Crippen LogP contribution in [-0.2, 0) is 0 Å². The molecule has 0 aliphatic carbocycles. The summed E-state index contributed by atoms with van der Waals surface area (Å²) < 4.78 is 1.97. The van der Waals surface area contributed by atoms with E-state index < -0.39 is 0 Å². The van der Waals surface area contributed by atoms with Crippen LogP contribution in [0.25, 0.3) is 27.6 Å². The summed E-state index contributed by atoms with van der Waals surface area (Å²) in [7, 11) is 0. The summed E-state index contributed by atoms with van der Waals surface area (Å²) in [6.07, 6.45) is 4.22. The zero-order valence-electron chi connectivity index (χ0n) is 13.8. The van der Waals surface area contributed by atoms with Gasteiger partial charge in [-0.25, -0.2) is 4.58 Å². The predicted molar refractivity (Wildman–Crippen MR) is 106 cm³/mol. The Labute approximate surface area is 147 Å². The highest BCUT2D eigenvalue weighted by Gasteiger charge is 2.24. The Morgan fingerprint density at radius 1 is 0.720 bits per heavy atom. The third-order valence-electron chi connectivity index (χ3n) is 4.96. The Morgan fingerprint density at radius 3 is 2.32 bits per heavy atom. The van der Waals surface area contributed by atoms with Crippen LogP contribution in [0.1, 0.15) is 16.7 Å². The van der Waals surface area contributed by atoms with Gasteiger partial charge < -0.3 is 0 Å². The van der Waals surface area contributed by atoms with Crippen molar-refractivity contribution in [3.05, 3.63) is 108 Å². The molecule has 118 valence electrons. The standard InChI is InChI=1S/C24H17N/c1-25-15-14-22-21-9-5-4-7-18(21)12-13-23(22)24(25)20-11-10-17-6-2-3-8-19(17)16-20/h2-16H,1H2. The van der Waals surface area contributed by atoms with Gasteiger partial charge in [0.05, 0.1) is 6.72 Å². The fourth-order valence-corrected chi connectivity index (χ4v) is 3.73. The molecule has 1 aliphatic heterocycles. The van der Waals surface area contributed by atoms with Crippen molar-refractivity contribution in [1.82, 2.24) is 0 Å². The van der Waals surface area contributed by atoms with Gasteiger partial charge in [-0.2, -0.15) is 0 Å². The number of hydrogen-bond donors (Lipinski definition) is 0. The SMILES string of the molecule is C=[N+]1C=Cc2c(ccc3ccccc23)[C-]1c1ccc2ccccc2c1. The van der Waals surface area contributed by atoms with Crippen molar-refractivity contribution in [2.45, 2.75) is 0 Å². The van der Waals surface area contributed by atoms with Gasteiger partial charge in [0.15, 0.2) is 6.04 Å². The molecule has 0 bridgehead atoms. The van der Waals surface area contributed by atoms with Crippen LogP contribution in [0.5, 0.6) is 0 Å². The molecule has 1 heteroatoms. The van der Waals surface area contributed by atoms with E-state index in [1.807, 2.05) is 4.58 Å². The Hall–Kier alpha value is -3.32. The van der Waals surface area contributed by atoms with Crippen LogP contribution in [-0.4, -0.2) is 11.3 Å². The van der Waals surface area contributed by atoms with Gasteiger partial charge in [0.1, 0.15) is 6.20 Å². The molecule has 1 aliphatic rings. The molecule has 0 radical (unpaired) electrons. The molecule has 0 amide bonds. The molecule has 0 atom stereocenters. The summed E-state index contributed by atoms with van der Waals surface area (Å²) in [4.78, 5) is 0. The molecule has 0 aromatic heterocycles. The van der Waals surface area contributed by atoms with Gasteiger partial charge in [-0.1, -0.05) is 78.9 Å². The summed E-state index contributed by atoms with van der Waals surface area (Å²) >= 11 is 0. The molecule has 4 aromatic carbocycles. The minimum absolute atomic E-state index is 1.15. The molecular weight excluding hydrogens is 302 g/mol. The van der Waals surface area contributed by atoms with Crippen LogP contribution >= 0.6 is 0 Å². The summed E-state index contributed by atoms with van der Waals surface area (Å²) in [6, 6.07) is 29.2. The summed E-state index contributed by atoms with van der Waals surface area (Å²) in [5, 5.41) is 5.05. The number of nitrogens with zero attached hydrogens (tertiary/aromatic N) is 1. The van der Waals surface area contributed by atoms with Crippen LogP contribution in [0.4, 0.5) is 0 Å². The molecule has 0 saturated heterocycles. The van der Waals surface area contributed by atoms with E-state index in [0.29, 0.717) is 0 Å². The minimum Gasteiger partial charge on any atom is -0.243 e. The zero-order chi connectivity index (χ0) is 16.8. The van der Waals surface area contributed by atoms with Gasteiger partial charge >= 0.3 is 0 Å². The number of rotatable bonds is 1. The first kappa shape index (κ1) is 14.1. The lowest BCUT2D eigenvalue weighted by atomic mass is 9.88. The highest BCUT2D eigenvalue weighted by atomic mass is 15.0. The van der Waals surface area contributed by atoms with Crippen molar-refractivity contribution < 1.29 is 4.58 Å². The minimum atomic E-state index is 1.15. The summed E-state index contributed by atoms with van der Waals surface area (Å²) in [5.41, 5.74) is 3.68. The summed E-state index contributed by atoms with van der Waals surface area (Å²) in [5.74, 6) is 0. The molecule has 0 unspecified atom stereocenters. The Bertz CT molecular complexity index is 1170. The maximum Gasteiger partial charge on any atom is 0.159 e. The predicted octanol–water partition coefficient (Wildman–Crippen LogP) is 5.62. The van der Waals surface area contributed by atoms with Crippen LogP contribution in [0.15, 0.2) is 85.1 Å². The van der Waals surface area contributed by atoms with E-state index in [9.17, 15) is 0 Å². The van der Waals surface area contributed by atoms with E-state index in [1.54, 1.807) is 0 Å². The van der Waals surface area contributed by atoms with Gasteiger partial charge in [0, 0.05) is 0 Å². The average Bonchev–Trinajstić information content (AvgIpc) is 2.67. The van der Waals surface area contributed by atoms with Crippen molar-refractivity contribution in [2.24, 2.45) is 0 Å². The fourth-order valence-electron chi connectivity index (χ4n) is 3.73. The molecule has 0 spiro atoms. The van der Waals surface area contributed by atoms with Gasteiger partial charge in [0.2, 0.25) is 0 Å². The zero-order valence-corrected chi connectivity index (χ0v) is 13.8.